The first kappa shape index (κ1) is 59.4. The molecule has 64 heavy (non-hydrogen) atoms. The number of esters is 2. The molecule has 1 aliphatic rings. The van der Waals surface area contributed by atoms with Crippen LogP contribution >= 0.6 is 0 Å². The summed E-state index contributed by atoms with van der Waals surface area (Å²) in [6, 6.07) is 0. The van der Waals surface area contributed by atoms with Crippen molar-refractivity contribution in [3.8, 4) is 0 Å². The molecular formula is C51H88O12S. The molecule has 0 aliphatic carbocycles. The number of hydrogen-bond acceptors (Lipinski definition) is 11. The van der Waals surface area contributed by atoms with Crippen LogP contribution in [0.25, 0.3) is 0 Å². The SMILES string of the molecule is CC/C=C/C=C/C=C/C=C/CCCCCCCC(=O)O[C@H](COC(=O)CCCCCCCCCCCCC/C=C/CCCCCCCC)CO[C@H]1O[C@H](CS(=O)(=O)O)[C@@H](O)C(O)C1O. The highest BCUT2D eigenvalue weighted by molar-refractivity contribution is 7.85. The molecule has 1 heterocycles. The maximum absolute atomic E-state index is 12.8. The molecule has 0 radical (unpaired) electrons. The highest BCUT2D eigenvalue weighted by Crippen LogP contribution is 2.24. The Morgan fingerprint density at radius 3 is 1.52 bits per heavy atom. The molecule has 0 bridgehead atoms. The molecule has 13 heteroatoms. The summed E-state index contributed by atoms with van der Waals surface area (Å²) in [6.07, 6.45) is 41.2. The van der Waals surface area contributed by atoms with Crippen molar-refractivity contribution in [1.29, 1.82) is 0 Å². The third-order valence-electron chi connectivity index (χ3n) is 11.2. The first-order chi connectivity index (χ1) is 31.0. The van der Waals surface area contributed by atoms with Crippen LogP contribution in [0.4, 0.5) is 0 Å². The Morgan fingerprint density at radius 1 is 0.547 bits per heavy atom. The largest absolute Gasteiger partial charge is 0.462 e. The topological polar surface area (TPSA) is 186 Å². The molecule has 0 aromatic rings. The van der Waals surface area contributed by atoms with Crippen LogP contribution in [-0.2, 0) is 38.7 Å². The van der Waals surface area contributed by atoms with Gasteiger partial charge in [0.05, 0.1) is 6.61 Å². The van der Waals surface area contributed by atoms with Crippen molar-refractivity contribution in [2.24, 2.45) is 0 Å². The molecule has 1 rings (SSSR count). The van der Waals surface area contributed by atoms with E-state index in [4.69, 9.17) is 18.9 Å². The van der Waals surface area contributed by atoms with Crippen LogP contribution in [0.15, 0.2) is 60.8 Å². The summed E-state index contributed by atoms with van der Waals surface area (Å²) in [5.74, 6) is -2.02. The number of aliphatic hydroxyl groups is 3. The first-order valence-corrected chi connectivity index (χ1v) is 26.5. The van der Waals surface area contributed by atoms with E-state index in [1.54, 1.807) is 0 Å². The van der Waals surface area contributed by atoms with E-state index in [9.17, 15) is 37.9 Å². The van der Waals surface area contributed by atoms with Crippen molar-refractivity contribution in [2.45, 2.75) is 230 Å². The molecule has 0 spiro atoms. The van der Waals surface area contributed by atoms with Gasteiger partial charge in [-0.3, -0.25) is 14.1 Å². The van der Waals surface area contributed by atoms with Gasteiger partial charge in [0.1, 0.15) is 36.8 Å². The molecule has 2 unspecified atom stereocenters. The second-order valence-corrected chi connectivity index (χ2v) is 18.7. The fourth-order valence-electron chi connectivity index (χ4n) is 7.33. The van der Waals surface area contributed by atoms with E-state index in [2.05, 4.69) is 38.2 Å². The van der Waals surface area contributed by atoms with Gasteiger partial charge in [0.25, 0.3) is 10.1 Å². The first-order valence-electron chi connectivity index (χ1n) is 24.9. The number of hydrogen-bond donors (Lipinski definition) is 4. The summed E-state index contributed by atoms with van der Waals surface area (Å²) >= 11 is 0. The van der Waals surface area contributed by atoms with Crippen LogP contribution in [0.1, 0.15) is 194 Å². The molecular weight excluding hydrogens is 837 g/mol. The Morgan fingerprint density at radius 2 is 1.00 bits per heavy atom. The third-order valence-corrected chi connectivity index (χ3v) is 11.9. The molecule has 0 aromatic carbocycles. The van der Waals surface area contributed by atoms with Gasteiger partial charge >= 0.3 is 11.9 Å². The lowest BCUT2D eigenvalue weighted by atomic mass is 10.00. The molecule has 0 amide bonds. The normalized spacial score (nSPS) is 20.1. The number of carbonyl (C=O) groups is 2. The Labute approximate surface area is 387 Å². The molecule has 4 N–H and O–H groups in total. The molecule has 1 saturated heterocycles. The van der Waals surface area contributed by atoms with Crippen molar-refractivity contribution < 1.29 is 56.8 Å². The monoisotopic (exact) mass is 925 g/mol. The van der Waals surface area contributed by atoms with Crippen molar-refractivity contribution in [3.63, 3.8) is 0 Å². The fourth-order valence-corrected chi connectivity index (χ4v) is 8.02. The number of rotatable bonds is 41. The number of allylic oxidation sites excluding steroid dienone is 10. The maximum atomic E-state index is 12.8. The molecule has 0 aromatic heterocycles. The number of ether oxygens (including phenoxy) is 4. The van der Waals surface area contributed by atoms with E-state index in [-0.39, 0.29) is 19.4 Å². The highest BCUT2D eigenvalue weighted by atomic mass is 32.2. The van der Waals surface area contributed by atoms with Gasteiger partial charge in [-0.05, 0) is 57.8 Å². The number of aliphatic hydroxyl groups excluding tert-OH is 3. The summed E-state index contributed by atoms with van der Waals surface area (Å²) in [5, 5.41) is 30.9. The van der Waals surface area contributed by atoms with Gasteiger partial charge in [-0.1, -0.05) is 184 Å². The quantitative estimate of drug-likeness (QED) is 0.0150. The zero-order valence-corrected chi connectivity index (χ0v) is 40.4. The van der Waals surface area contributed by atoms with Gasteiger partial charge in [0.2, 0.25) is 0 Å². The van der Waals surface area contributed by atoms with Crippen LogP contribution in [-0.4, -0.2) is 96.0 Å². The van der Waals surface area contributed by atoms with Crippen LogP contribution in [0.2, 0.25) is 0 Å². The lowest BCUT2D eigenvalue weighted by Crippen LogP contribution is -2.60. The van der Waals surface area contributed by atoms with Crippen molar-refractivity contribution in [1.82, 2.24) is 0 Å². The van der Waals surface area contributed by atoms with Crippen molar-refractivity contribution in [2.75, 3.05) is 19.0 Å². The van der Waals surface area contributed by atoms with E-state index in [1.807, 2.05) is 36.5 Å². The molecule has 1 fully saturated rings. The van der Waals surface area contributed by atoms with E-state index >= 15 is 0 Å². The Balaban J connectivity index is 2.38. The van der Waals surface area contributed by atoms with Crippen LogP contribution < -0.4 is 0 Å². The molecule has 0 saturated carbocycles. The second-order valence-electron chi connectivity index (χ2n) is 17.2. The van der Waals surface area contributed by atoms with Gasteiger partial charge in [-0.2, -0.15) is 8.42 Å². The third kappa shape index (κ3) is 34.7. The maximum Gasteiger partial charge on any atom is 0.306 e. The van der Waals surface area contributed by atoms with Gasteiger partial charge in [-0.15, -0.1) is 0 Å². The molecule has 1 aliphatic heterocycles. The molecule has 6 atom stereocenters. The van der Waals surface area contributed by atoms with E-state index in [0.29, 0.717) is 12.8 Å². The zero-order valence-electron chi connectivity index (χ0n) is 39.6. The fraction of sp³-hybridized carbons (Fsp3) is 0.765. The minimum absolute atomic E-state index is 0.136. The Kier molecular flexibility index (Phi) is 37.7. The average molecular weight is 925 g/mol. The van der Waals surface area contributed by atoms with E-state index in [1.165, 1.54) is 96.3 Å². The Bertz CT molecular complexity index is 1410. The van der Waals surface area contributed by atoms with Crippen LogP contribution in [0.5, 0.6) is 0 Å². The van der Waals surface area contributed by atoms with Crippen LogP contribution in [0, 0.1) is 0 Å². The lowest BCUT2D eigenvalue weighted by Gasteiger charge is -2.40. The van der Waals surface area contributed by atoms with Gasteiger partial charge < -0.3 is 34.3 Å². The average Bonchev–Trinajstić information content (AvgIpc) is 3.26. The zero-order chi connectivity index (χ0) is 46.9. The standard InChI is InChI=1S/C51H88O12S/c1-3-5-7-9-11-13-15-17-19-20-21-22-23-24-26-27-29-31-33-35-37-39-46(52)60-41-44(42-61-51-50(56)49(55)48(54)45(63-51)43-64(57,58)59)62-47(53)40-38-36-34-32-30-28-25-18-16-14-12-10-8-6-4-2/h6,8,10,12,14,16-19,25,44-45,48-51,54-56H,3-5,7,9,11,13,15,20-24,26-43H2,1-2H3,(H,57,58,59)/b8-6+,12-10+,16-14+,19-17+,25-18+/t44-,45-,48-,49?,50?,51+/m1/s1. The van der Waals surface area contributed by atoms with Crippen molar-refractivity contribution in [3.05, 3.63) is 60.8 Å². The predicted molar refractivity (Wildman–Crippen MR) is 256 cm³/mol. The second kappa shape index (κ2) is 40.6. The highest BCUT2D eigenvalue weighted by Gasteiger charge is 2.46. The summed E-state index contributed by atoms with van der Waals surface area (Å²) < 4.78 is 54.2. The summed E-state index contributed by atoms with van der Waals surface area (Å²) in [7, 11) is -4.61. The van der Waals surface area contributed by atoms with E-state index in [0.717, 1.165) is 57.8 Å². The smallest absolute Gasteiger partial charge is 0.306 e. The lowest BCUT2D eigenvalue weighted by molar-refractivity contribution is -0.297. The molecule has 370 valence electrons. The number of unbranched alkanes of at least 4 members (excludes halogenated alkanes) is 22. The predicted octanol–water partition coefficient (Wildman–Crippen LogP) is 10.9. The van der Waals surface area contributed by atoms with Gasteiger partial charge in [0, 0.05) is 12.8 Å². The van der Waals surface area contributed by atoms with Gasteiger partial charge in [-0.25, -0.2) is 0 Å². The summed E-state index contributed by atoms with van der Waals surface area (Å²) in [6.45, 7) is 3.61. The van der Waals surface area contributed by atoms with Gasteiger partial charge in [0.15, 0.2) is 12.4 Å². The summed E-state index contributed by atoms with van der Waals surface area (Å²) in [5.41, 5.74) is 0. The Hall–Kier alpha value is -2.65. The minimum Gasteiger partial charge on any atom is -0.462 e. The van der Waals surface area contributed by atoms with Crippen molar-refractivity contribution >= 4 is 22.1 Å². The minimum atomic E-state index is -4.61. The van der Waals surface area contributed by atoms with E-state index < -0.39 is 71.2 Å². The summed E-state index contributed by atoms with van der Waals surface area (Å²) in [4.78, 5) is 25.5. The molecule has 12 nitrogen and oxygen atoms in total. The van der Waals surface area contributed by atoms with Crippen LogP contribution in [0.3, 0.4) is 0 Å². The number of carbonyl (C=O) groups excluding carboxylic acids is 2.